The molecule has 21 heavy (non-hydrogen) atoms. The van der Waals surface area contributed by atoms with Crippen molar-refractivity contribution in [1.29, 1.82) is 0 Å². The van der Waals surface area contributed by atoms with Crippen molar-refractivity contribution < 1.29 is 19.1 Å². The molecule has 0 amide bonds. The van der Waals surface area contributed by atoms with Crippen molar-refractivity contribution in [2.24, 2.45) is 0 Å². The monoisotopic (exact) mass is 347 g/mol. The van der Waals surface area contributed by atoms with Crippen LogP contribution in [-0.2, 0) is 4.74 Å². The van der Waals surface area contributed by atoms with Crippen molar-refractivity contribution in [1.82, 2.24) is 0 Å². The first kappa shape index (κ1) is 7.76. The van der Waals surface area contributed by atoms with Gasteiger partial charge in [-0.1, -0.05) is 64.3 Å². The Balaban J connectivity index is 2.63. The molecule has 0 aliphatic heterocycles. The Morgan fingerprint density at radius 3 is 2.67 bits per heavy atom. The Morgan fingerprint density at radius 2 is 1.86 bits per heavy atom. The van der Waals surface area contributed by atoms with Gasteiger partial charge in [0.25, 0.3) is 0 Å². The van der Waals surface area contributed by atoms with E-state index in [1.54, 1.807) is 6.07 Å². The number of carbonyl (C=O) groups is 1. The average Bonchev–Trinajstić information content (AvgIpc) is 2.68. The lowest BCUT2D eigenvalue weighted by molar-refractivity contribution is 0.0601. The molecule has 3 heteroatoms. The largest absolute Gasteiger partial charge is 0.465 e. The summed E-state index contributed by atoms with van der Waals surface area (Å²) >= 11 is 3.26. The standard InChI is InChI=1S/C18H13BrO2/c1-21-18(20)17-11-13(19)9-10-16(17)15-8-4-6-12-5-2-3-7-14(12)15/h2-11H,1H3/i2D,3D,4D,5D,6D,7D,8D. The van der Waals surface area contributed by atoms with Crippen LogP contribution in [0, 0.1) is 0 Å². The topological polar surface area (TPSA) is 26.3 Å². The minimum absolute atomic E-state index is 0.0177. The summed E-state index contributed by atoms with van der Waals surface area (Å²) in [5, 5.41) is -0.245. The van der Waals surface area contributed by atoms with Crippen molar-refractivity contribution in [3.8, 4) is 11.1 Å². The summed E-state index contributed by atoms with van der Waals surface area (Å²) in [5.41, 5.74) is 0.232. The van der Waals surface area contributed by atoms with Crippen LogP contribution in [0.25, 0.3) is 21.9 Å². The lowest BCUT2D eigenvalue weighted by atomic mass is 9.95. The van der Waals surface area contributed by atoms with Crippen LogP contribution in [0.2, 0.25) is 0 Å². The number of benzene rings is 3. The first-order chi connectivity index (χ1) is 13.1. The lowest BCUT2D eigenvalue weighted by Gasteiger charge is -2.11. The third-order valence-electron chi connectivity index (χ3n) is 2.97. The summed E-state index contributed by atoms with van der Waals surface area (Å²) in [6.45, 7) is 0. The quantitative estimate of drug-likeness (QED) is 0.606. The zero-order valence-electron chi connectivity index (χ0n) is 17.9. The highest BCUT2D eigenvalue weighted by atomic mass is 79.9. The number of hydrogen-bond donors (Lipinski definition) is 0. The molecule has 0 bridgehead atoms. The van der Waals surface area contributed by atoms with E-state index in [0.29, 0.717) is 4.47 Å². The van der Waals surface area contributed by atoms with E-state index in [1.165, 1.54) is 19.2 Å². The van der Waals surface area contributed by atoms with E-state index in [1.807, 2.05) is 0 Å². The second-order valence-corrected chi connectivity index (χ2v) is 5.10. The number of esters is 1. The van der Waals surface area contributed by atoms with Crippen molar-refractivity contribution in [3.05, 3.63) is 70.5 Å². The second-order valence-electron chi connectivity index (χ2n) is 4.18. The molecule has 0 aliphatic carbocycles. The summed E-state index contributed by atoms with van der Waals surface area (Å²) in [4.78, 5) is 12.3. The number of halogens is 1. The van der Waals surface area contributed by atoms with Crippen LogP contribution in [-0.4, -0.2) is 13.1 Å². The predicted molar refractivity (Wildman–Crippen MR) is 88.4 cm³/mol. The van der Waals surface area contributed by atoms with Crippen molar-refractivity contribution in [2.45, 2.75) is 0 Å². The number of rotatable bonds is 2. The Bertz CT molecular complexity index is 1150. The zero-order chi connectivity index (χ0) is 20.9. The van der Waals surface area contributed by atoms with Crippen LogP contribution < -0.4 is 0 Å². The lowest BCUT2D eigenvalue weighted by Crippen LogP contribution is -2.03. The fraction of sp³-hybridized carbons (Fsp3) is 0.0556. The average molecular weight is 348 g/mol. The number of ether oxygens (including phenoxy) is 1. The maximum Gasteiger partial charge on any atom is 0.338 e. The summed E-state index contributed by atoms with van der Waals surface area (Å²) in [6.07, 6.45) is 0. The molecule has 0 aromatic heterocycles. The van der Waals surface area contributed by atoms with E-state index >= 15 is 0 Å². The van der Waals surface area contributed by atoms with Crippen molar-refractivity contribution in [3.63, 3.8) is 0 Å². The molecule has 3 rings (SSSR count). The number of carbonyl (C=O) groups excluding carboxylic acids is 1. The minimum Gasteiger partial charge on any atom is -0.465 e. The molecule has 0 unspecified atom stereocenters. The summed E-state index contributed by atoms with van der Waals surface area (Å²) in [5.74, 6) is -0.703. The van der Waals surface area contributed by atoms with Crippen LogP contribution in [0.3, 0.4) is 0 Å². The van der Waals surface area contributed by atoms with Gasteiger partial charge in [0.2, 0.25) is 0 Å². The zero-order valence-corrected chi connectivity index (χ0v) is 12.5. The van der Waals surface area contributed by atoms with Gasteiger partial charge < -0.3 is 4.74 Å². The molecule has 104 valence electrons. The highest BCUT2D eigenvalue weighted by Crippen LogP contribution is 2.32. The van der Waals surface area contributed by atoms with Crippen LogP contribution in [0.4, 0.5) is 0 Å². The molecule has 3 aromatic rings. The molecule has 0 radical (unpaired) electrons. The number of methoxy groups -OCH3 is 1. The van der Waals surface area contributed by atoms with E-state index in [2.05, 4.69) is 15.9 Å². The van der Waals surface area contributed by atoms with Gasteiger partial charge in [-0.2, -0.15) is 0 Å². The fourth-order valence-corrected chi connectivity index (χ4v) is 2.39. The molecule has 0 spiro atoms. The van der Waals surface area contributed by atoms with Gasteiger partial charge in [-0.25, -0.2) is 4.79 Å². The SMILES string of the molecule is [2H]c1c([2H])c([2H])c2c(-c3ccc(Br)cc3C(=O)OC)c([2H])c([2H])c([2H])c2c1[2H]. The Labute approximate surface area is 141 Å². The molecule has 0 N–H and O–H groups in total. The third kappa shape index (κ3) is 2.57. The van der Waals surface area contributed by atoms with E-state index in [9.17, 15) is 4.79 Å². The Kier molecular flexibility index (Phi) is 2.11. The van der Waals surface area contributed by atoms with Crippen LogP contribution in [0.15, 0.2) is 65.0 Å². The number of fused-ring (bicyclic) bond motifs is 1. The minimum atomic E-state index is -0.703. The third-order valence-corrected chi connectivity index (χ3v) is 3.46. The summed E-state index contributed by atoms with van der Waals surface area (Å²) < 4.78 is 62.3. The van der Waals surface area contributed by atoms with Gasteiger partial charge in [-0.15, -0.1) is 0 Å². The summed E-state index contributed by atoms with van der Waals surface area (Å²) in [7, 11) is 1.20. The normalized spacial score (nSPS) is 15.2. The van der Waals surface area contributed by atoms with Gasteiger partial charge in [0.05, 0.1) is 22.3 Å². The molecule has 0 saturated carbocycles. The molecule has 0 saturated heterocycles. The molecule has 0 fully saturated rings. The van der Waals surface area contributed by atoms with Crippen molar-refractivity contribution >= 4 is 32.7 Å². The van der Waals surface area contributed by atoms with Gasteiger partial charge in [-0.05, 0) is 34.0 Å². The van der Waals surface area contributed by atoms with Crippen molar-refractivity contribution in [2.75, 3.05) is 7.11 Å². The highest BCUT2D eigenvalue weighted by Gasteiger charge is 2.15. The summed E-state index contributed by atoms with van der Waals surface area (Å²) in [6, 6.07) is 1.26. The van der Waals surface area contributed by atoms with E-state index < -0.39 is 48.3 Å². The Hall–Kier alpha value is -2.13. The van der Waals surface area contributed by atoms with Gasteiger partial charge in [-0.3, -0.25) is 0 Å². The molecule has 3 aromatic carbocycles. The van der Waals surface area contributed by atoms with Crippen LogP contribution in [0.1, 0.15) is 20.0 Å². The maximum atomic E-state index is 12.3. The molecule has 0 heterocycles. The van der Waals surface area contributed by atoms with Gasteiger partial charge in [0.15, 0.2) is 0 Å². The second kappa shape index (κ2) is 5.70. The van der Waals surface area contributed by atoms with E-state index in [-0.39, 0.29) is 27.5 Å². The first-order valence-electron chi connectivity index (χ1n) is 9.49. The highest BCUT2D eigenvalue weighted by molar-refractivity contribution is 9.10. The smallest absolute Gasteiger partial charge is 0.338 e. The van der Waals surface area contributed by atoms with E-state index in [4.69, 9.17) is 14.3 Å². The molecule has 2 nitrogen and oxygen atoms in total. The molecule has 0 atom stereocenters. The fourth-order valence-electron chi connectivity index (χ4n) is 2.03. The van der Waals surface area contributed by atoms with Crippen LogP contribution in [0.5, 0.6) is 0 Å². The number of hydrogen-bond acceptors (Lipinski definition) is 2. The Morgan fingerprint density at radius 1 is 1.10 bits per heavy atom. The maximum absolute atomic E-state index is 12.3. The van der Waals surface area contributed by atoms with Crippen LogP contribution >= 0.6 is 15.9 Å². The van der Waals surface area contributed by atoms with Gasteiger partial charge in [0.1, 0.15) is 0 Å². The first-order valence-corrected chi connectivity index (χ1v) is 6.79. The molecular weight excluding hydrogens is 328 g/mol. The van der Waals surface area contributed by atoms with Gasteiger partial charge in [0, 0.05) is 4.47 Å². The van der Waals surface area contributed by atoms with Gasteiger partial charge >= 0.3 is 5.97 Å². The molecule has 0 aliphatic rings. The predicted octanol–water partition coefficient (Wildman–Crippen LogP) is 5.06. The molecular formula is C18H13BrO2. The van der Waals surface area contributed by atoms with E-state index in [0.717, 1.165) is 0 Å².